The highest BCUT2D eigenvalue weighted by atomic mass is 16.6. The fourth-order valence-electron chi connectivity index (χ4n) is 0.923. The summed E-state index contributed by atoms with van der Waals surface area (Å²) in [4.78, 5) is 10.5. The lowest BCUT2D eigenvalue weighted by molar-refractivity contribution is -0.140. The van der Waals surface area contributed by atoms with Crippen molar-refractivity contribution in [2.45, 2.75) is 25.6 Å². The van der Waals surface area contributed by atoms with Gasteiger partial charge in [0.2, 0.25) is 0 Å². The fraction of sp³-hybridized carbons (Fsp3) is 0.571. The highest BCUT2D eigenvalue weighted by Crippen LogP contribution is 2.15. The van der Waals surface area contributed by atoms with Crippen LogP contribution < -0.4 is 0 Å². The highest BCUT2D eigenvalue weighted by Gasteiger charge is 2.30. The summed E-state index contributed by atoms with van der Waals surface area (Å²) in [5.41, 5.74) is 0. The van der Waals surface area contributed by atoms with E-state index in [-0.39, 0.29) is 12.4 Å². The van der Waals surface area contributed by atoms with E-state index < -0.39 is 12.2 Å². The van der Waals surface area contributed by atoms with Crippen molar-refractivity contribution >= 4 is 5.97 Å². The highest BCUT2D eigenvalue weighted by molar-refractivity contribution is 5.72. The molecule has 2 unspecified atom stereocenters. The van der Waals surface area contributed by atoms with Gasteiger partial charge in [0.1, 0.15) is 12.2 Å². The van der Waals surface area contributed by atoms with E-state index in [0.29, 0.717) is 0 Å². The monoisotopic (exact) mass is 142 g/mol. The Hall–Kier alpha value is -0.830. The van der Waals surface area contributed by atoms with Crippen molar-refractivity contribution in [3.05, 3.63) is 12.2 Å². The first-order valence-corrected chi connectivity index (χ1v) is 3.24. The second-order valence-electron chi connectivity index (χ2n) is 2.25. The molecule has 0 aromatic carbocycles. The zero-order chi connectivity index (χ0) is 7.56. The van der Waals surface area contributed by atoms with Gasteiger partial charge >= 0.3 is 5.97 Å². The molecule has 3 heteroatoms. The number of aliphatic hydroxyl groups is 1. The van der Waals surface area contributed by atoms with E-state index in [4.69, 9.17) is 9.84 Å². The van der Waals surface area contributed by atoms with Crippen LogP contribution in [0, 0.1) is 0 Å². The third kappa shape index (κ3) is 1.36. The van der Waals surface area contributed by atoms with Crippen LogP contribution in [0.25, 0.3) is 0 Å². The van der Waals surface area contributed by atoms with E-state index in [2.05, 4.69) is 0 Å². The standard InChI is InChI=1S/C7H10O3/c1-2-3-6-5(8)4-7(9)10-6/h2-3,5-6,8H,4H2,1H3/b3-2+. The molecule has 1 rings (SSSR count). The molecule has 56 valence electrons. The average molecular weight is 142 g/mol. The predicted octanol–water partition coefficient (Wildman–Crippen LogP) is 0.239. The second kappa shape index (κ2) is 2.84. The molecule has 0 aromatic heterocycles. The molecule has 0 radical (unpaired) electrons. The lowest BCUT2D eigenvalue weighted by atomic mass is 10.2. The molecule has 1 saturated heterocycles. The van der Waals surface area contributed by atoms with E-state index in [0.717, 1.165) is 0 Å². The summed E-state index contributed by atoms with van der Waals surface area (Å²) in [6.07, 6.45) is 2.48. The molecule has 0 amide bonds. The molecule has 1 N–H and O–H groups in total. The molecule has 1 aliphatic rings. The first kappa shape index (κ1) is 7.28. The summed E-state index contributed by atoms with van der Waals surface area (Å²) in [7, 11) is 0. The van der Waals surface area contributed by atoms with Gasteiger partial charge in [-0.3, -0.25) is 4.79 Å². The zero-order valence-electron chi connectivity index (χ0n) is 5.78. The maximum absolute atomic E-state index is 10.5. The topological polar surface area (TPSA) is 46.5 Å². The van der Waals surface area contributed by atoms with Crippen molar-refractivity contribution in [1.82, 2.24) is 0 Å². The van der Waals surface area contributed by atoms with E-state index in [1.54, 1.807) is 12.2 Å². The van der Waals surface area contributed by atoms with Crippen LogP contribution in [0.5, 0.6) is 0 Å². The average Bonchev–Trinajstić information content (AvgIpc) is 2.13. The third-order valence-electron chi connectivity index (χ3n) is 1.40. The predicted molar refractivity (Wildman–Crippen MR) is 35.3 cm³/mol. The van der Waals surface area contributed by atoms with Crippen molar-refractivity contribution in [2.24, 2.45) is 0 Å². The Balaban J connectivity index is 2.54. The van der Waals surface area contributed by atoms with Gasteiger partial charge in [-0.1, -0.05) is 6.08 Å². The number of esters is 1. The van der Waals surface area contributed by atoms with Gasteiger partial charge < -0.3 is 9.84 Å². The number of allylic oxidation sites excluding steroid dienone is 1. The van der Waals surface area contributed by atoms with E-state index in [1.165, 1.54) is 0 Å². The largest absolute Gasteiger partial charge is 0.455 e. The van der Waals surface area contributed by atoms with Gasteiger partial charge in [-0.05, 0) is 13.0 Å². The van der Waals surface area contributed by atoms with Crippen molar-refractivity contribution in [3.63, 3.8) is 0 Å². The summed E-state index contributed by atoms with van der Waals surface area (Å²) in [6.45, 7) is 1.82. The summed E-state index contributed by atoms with van der Waals surface area (Å²) >= 11 is 0. The Morgan fingerprint density at radius 1 is 1.80 bits per heavy atom. The Morgan fingerprint density at radius 3 is 2.90 bits per heavy atom. The number of carbonyl (C=O) groups is 1. The lowest BCUT2D eigenvalue weighted by Gasteiger charge is -2.05. The summed E-state index contributed by atoms with van der Waals surface area (Å²) in [6, 6.07) is 0. The van der Waals surface area contributed by atoms with Crippen LogP contribution in [0.3, 0.4) is 0 Å². The van der Waals surface area contributed by atoms with E-state index in [1.807, 2.05) is 6.92 Å². The number of rotatable bonds is 1. The summed E-state index contributed by atoms with van der Waals surface area (Å²) in [5.74, 6) is -0.324. The number of carbonyl (C=O) groups excluding carboxylic acids is 1. The Bertz CT molecular complexity index is 162. The minimum absolute atomic E-state index is 0.120. The minimum Gasteiger partial charge on any atom is -0.455 e. The van der Waals surface area contributed by atoms with Crippen molar-refractivity contribution in [3.8, 4) is 0 Å². The molecule has 1 fully saturated rings. The number of hydrogen-bond donors (Lipinski definition) is 1. The molecule has 10 heavy (non-hydrogen) atoms. The van der Waals surface area contributed by atoms with Crippen molar-refractivity contribution < 1.29 is 14.6 Å². The third-order valence-corrected chi connectivity index (χ3v) is 1.40. The van der Waals surface area contributed by atoms with Crippen LogP contribution in [-0.4, -0.2) is 23.3 Å². The molecule has 3 nitrogen and oxygen atoms in total. The van der Waals surface area contributed by atoms with Crippen LogP contribution >= 0.6 is 0 Å². The summed E-state index contributed by atoms with van der Waals surface area (Å²) in [5, 5.41) is 9.09. The van der Waals surface area contributed by atoms with Gasteiger partial charge in [0.05, 0.1) is 6.42 Å². The van der Waals surface area contributed by atoms with Gasteiger partial charge in [0.25, 0.3) is 0 Å². The van der Waals surface area contributed by atoms with Crippen LogP contribution in [0.4, 0.5) is 0 Å². The number of ether oxygens (including phenoxy) is 1. The molecule has 0 saturated carbocycles. The Morgan fingerprint density at radius 2 is 2.50 bits per heavy atom. The van der Waals surface area contributed by atoms with Crippen molar-refractivity contribution in [1.29, 1.82) is 0 Å². The maximum Gasteiger partial charge on any atom is 0.309 e. The summed E-state index contributed by atoms with van der Waals surface area (Å²) < 4.78 is 4.74. The normalized spacial score (nSPS) is 33.2. The van der Waals surface area contributed by atoms with Gasteiger partial charge in [0, 0.05) is 0 Å². The second-order valence-corrected chi connectivity index (χ2v) is 2.25. The minimum atomic E-state index is -0.649. The van der Waals surface area contributed by atoms with Crippen LogP contribution in [0.1, 0.15) is 13.3 Å². The van der Waals surface area contributed by atoms with E-state index >= 15 is 0 Å². The zero-order valence-corrected chi connectivity index (χ0v) is 5.78. The van der Waals surface area contributed by atoms with Crippen LogP contribution in [-0.2, 0) is 9.53 Å². The van der Waals surface area contributed by atoms with Crippen molar-refractivity contribution in [2.75, 3.05) is 0 Å². The van der Waals surface area contributed by atoms with Gasteiger partial charge in [-0.15, -0.1) is 0 Å². The lowest BCUT2D eigenvalue weighted by Crippen LogP contribution is -2.17. The number of hydrogen-bond acceptors (Lipinski definition) is 3. The molecule has 0 aromatic rings. The number of aliphatic hydroxyl groups excluding tert-OH is 1. The SMILES string of the molecule is C/C=C/C1OC(=O)CC1O. The Kier molecular flexibility index (Phi) is 2.06. The van der Waals surface area contributed by atoms with Crippen LogP contribution in [0.2, 0.25) is 0 Å². The number of cyclic esters (lactones) is 1. The Labute approximate surface area is 59.3 Å². The molecule has 1 aliphatic heterocycles. The van der Waals surface area contributed by atoms with Crippen LogP contribution in [0.15, 0.2) is 12.2 Å². The molecule has 0 bridgehead atoms. The molecular formula is C7H10O3. The molecule has 1 heterocycles. The fourth-order valence-corrected chi connectivity index (χ4v) is 0.923. The van der Waals surface area contributed by atoms with E-state index in [9.17, 15) is 4.79 Å². The smallest absolute Gasteiger partial charge is 0.309 e. The maximum atomic E-state index is 10.5. The van der Waals surface area contributed by atoms with Gasteiger partial charge in [0.15, 0.2) is 0 Å². The quantitative estimate of drug-likeness (QED) is 0.421. The molecule has 0 aliphatic carbocycles. The molecule has 0 spiro atoms. The molecular weight excluding hydrogens is 132 g/mol. The first-order valence-electron chi connectivity index (χ1n) is 3.24. The molecule has 2 atom stereocenters. The van der Waals surface area contributed by atoms with Gasteiger partial charge in [-0.2, -0.15) is 0 Å². The van der Waals surface area contributed by atoms with Gasteiger partial charge in [-0.25, -0.2) is 0 Å². The first-order chi connectivity index (χ1) is 4.74.